The highest BCUT2D eigenvalue weighted by Gasteiger charge is 2.14. The minimum absolute atomic E-state index is 0.112. The van der Waals surface area contributed by atoms with E-state index < -0.39 is 21.8 Å². The van der Waals surface area contributed by atoms with Crippen molar-refractivity contribution in [3.8, 4) is 11.8 Å². The van der Waals surface area contributed by atoms with Gasteiger partial charge in [-0.1, -0.05) is 11.8 Å². The fraction of sp³-hybridized carbons (Fsp3) is 0.385. The Bertz CT molecular complexity index is 627. The van der Waals surface area contributed by atoms with Crippen molar-refractivity contribution < 1.29 is 13.2 Å². The molecule has 1 amide bonds. The Hall–Kier alpha value is -1.91. The molecule has 0 saturated heterocycles. The third kappa shape index (κ3) is 5.82. The molecule has 0 radical (unpaired) electrons. The van der Waals surface area contributed by atoms with Gasteiger partial charge in [0, 0.05) is 24.1 Å². The third-order valence-electron chi connectivity index (χ3n) is 2.26. The molecule has 0 saturated carbocycles. The van der Waals surface area contributed by atoms with Crippen LogP contribution in [-0.4, -0.2) is 43.9 Å². The number of hydrogen-bond acceptors (Lipinski definition) is 5. The summed E-state index contributed by atoms with van der Waals surface area (Å²) in [7, 11) is -3.13. The maximum Gasteiger partial charge on any atom is 0.270 e. The molecule has 3 N–H and O–H groups in total. The first-order valence-electron chi connectivity index (χ1n) is 5.95. The predicted molar refractivity (Wildman–Crippen MR) is 76.8 cm³/mol. The standard InChI is InChI=1S/C13H17N3O3S/c1-10(9-20(2,18)19)16-13(17)12-6-5-11(8-15-12)4-3-7-14/h5-6,8,10H,7,9,14H2,1-2H3,(H,16,17). The molecule has 108 valence electrons. The van der Waals surface area contributed by atoms with Crippen LogP contribution in [0.25, 0.3) is 0 Å². The number of sulfone groups is 1. The molecule has 0 aliphatic heterocycles. The van der Waals surface area contributed by atoms with Crippen LogP contribution in [0.1, 0.15) is 23.0 Å². The zero-order valence-corrected chi connectivity index (χ0v) is 12.2. The Morgan fingerprint density at radius 3 is 2.70 bits per heavy atom. The van der Waals surface area contributed by atoms with E-state index in [0.717, 1.165) is 6.26 Å². The molecule has 1 heterocycles. The highest BCUT2D eigenvalue weighted by Crippen LogP contribution is 2.00. The number of aromatic nitrogens is 1. The number of hydrogen-bond donors (Lipinski definition) is 2. The predicted octanol–water partition coefficient (Wildman–Crippen LogP) is -0.445. The van der Waals surface area contributed by atoms with Gasteiger partial charge in [0.25, 0.3) is 5.91 Å². The van der Waals surface area contributed by atoms with Gasteiger partial charge in [-0.3, -0.25) is 4.79 Å². The lowest BCUT2D eigenvalue weighted by Crippen LogP contribution is -2.37. The van der Waals surface area contributed by atoms with Crippen LogP contribution in [0, 0.1) is 11.8 Å². The molecule has 0 bridgehead atoms. The summed E-state index contributed by atoms with van der Waals surface area (Å²) in [6.45, 7) is 1.88. The van der Waals surface area contributed by atoms with Crippen LogP contribution in [0.15, 0.2) is 18.3 Å². The Morgan fingerprint density at radius 2 is 2.20 bits per heavy atom. The van der Waals surface area contributed by atoms with E-state index in [4.69, 9.17) is 5.73 Å². The number of pyridine rings is 1. The highest BCUT2D eigenvalue weighted by atomic mass is 32.2. The van der Waals surface area contributed by atoms with E-state index in [1.54, 1.807) is 13.0 Å². The van der Waals surface area contributed by atoms with Crippen molar-refractivity contribution in [2.75, 3.05) is 18.6 Å². The van der Waals surface area contributed by atoms with E-state index in [1.807, 2.05) is 0 Å². The molecule has 1 rings (SSSR count). The van der Waals surface area contributed by atoms with Gasteiger partial charge in [0.05, 0.1) is 12.3 Å². The molecule has 1 aromatic rings. The van der Waals surface area contributed by atoms with Gasteiger partial charge < -0.3 is 11.1 Å². The number of rotatable bonds is 4. The summed E-state index contributed by atoms with van der Waals surface area (Å²) >= 11 is 0. The van der Waals surface area contributed by atoms with Gasteiger partial charge >= 0.3 is 0 Å². The van der Waals surface area contributed by atoms with Crippen molar-refractivity contribution in [2.24, 2.45) is 5.73 Å². The monoisotopic (exact) mass is 295 g/mol. The van der Waals surface area contributed by atoms with Gasteiger partial charge in [-0.15, -0.1) is 0 Å². The molecule has 0 aromatic carbocycles. The number of nitrogens with two attached hydrogens (primary N) is 1. The average Bonchev–Trinajstić information content (AvgIpc) is 2.34. The Morgan fingerprint density at radius 1 is 1.50 bits per heavy atom. The second-order valence-electron chi connectivity index (χ2n) is 4.40. The normalized spacial score (nSPS) is 12.2. The van der Waals surface area contributed by atoms with Gasteiger partial charge in [-0.05, 0) is 19.1 Å². The van der Waals surface area contributed by atoms with E-state index in [0.29, 0.717) is 5.56 Å². The van der Waals surface area contributed by atoms with E-state index in [2.05, 4.69) is 22.1 Å². The van der Waals surface area contributed by atoms with E-state index >= 15 is 0 Å². The average molecular weight is 295 g/mol. The van der Waals surface area contributed by atoms with Crippen LogP contribution in [0.2, 0.25) is 0 Å². The molecule has 1 aromatic heterocycles. The van der Waals surface area contributed by atoms with Crippen molar-refractivity contribution >= 4 is 15.7 Å². The maximum atomic E-state index is 11.8. The summed E-state index contributed by atoms with van der Waals surface area (Å²) in [6, 6.07) is 2.71. The molecule has 0 aliphatic rings. The number of nitrogens with zero attached hydrogens (tertiary/aromatic N) is 1. The van der Waals surface area contributed by atoms with Crippen molar-refractivity contribution in [3.05, 3.63) is 29.6 Å². The molecule has 0 fully saturated rings. The quantitative estimate of drug-likeness (QED) is 0.733. The maximum absolute atomic E-state index is 11.8. The highest BCUT2D eigenvalue weighted by molar-refractivity contribution is 7.90. The lowest BCUT2D eigenvalue weighted by atomic mass is 10.2. The summed E-state index contributed by atoms with van der Waals surface area (Å²) in [4.78, 5) is 15.8. The number of carbonyl (C=O) groups excluding carboxylic acids is 1. The molecule has 1 atom stereocenters. The fourth-order valence-corrected chi connectivity index (χ4v) is 2.54. The largest absolute Gasteiger partial charge is 0.347 e. The number of amides is 1. The topological polar surface area (TPSA) is 102 Å². The van der Waals surface area contributed by atoms with Crippen molar-refractivity contribution in [1.82, 2.24) is 10.3 Å². The zero-order valence-electron chi connectivity index (χ0n) is 11.4. The lowest BCUT2D eigenvalue weighted by molar-refractivity contribution is 0.0938. The van der Waals surface area contributed by atoms with Gasteiger partial charge in [-0.2, -0.15) is 0 Å². The third-order valence-corrected chi connectivity index (χ3v) is 3.37. The number of nitrogens with one attached hydrogen (secondary N) is 1. The summed E-state index contributed by atoms with van der Waals surface area (Å²) in [5.41, 5.74) is 6.13. The van der Waals surface area contributed by atoms with Crippen LogP contribution < -0.4 is 11.1 Å². The van der Waals surface area contributed by atoms with Crippen LogP contribution >= 0.6 is 0 Å². The molecule has 1 unspecified atom stereocenters. The summed E-state index contributed by atoms with van der Waals surface area (Å²) in [6.07, 6.45) is 2.59. The molecule has 20 heavy (non-hydrogen) atoms. The second kappa shape index (κ2) is 7.03. The lowest BCUT2D eigenvalue weighted by Gasteiger charge is -2.12. The summed E-state index contributed by atoms with van der Waals surface area (Å²) in [5.74, 6) is 4.95. The SMILES string of the molecule is CC(CS(C)(=O)=O)NC(=O)c1ccc(C#CCN)cn1. The van der Waals surface area contributed by atoms with Gasteiger partial charge in [0.15, 0.2) is 0 Å². The smallest absolute Gasteiger partial charge is 0.270 e. The minimum Gasteiger partial charge on any atom is -0.347 e. The molecule has 6 nitrogen and oxygen atoms in total. The first-order chi connectivity index (χ1) is 9.31. The van der Waals surface area contributed by atoms with E-state index in [9.17, 15) is 13.2 Å². The van der Waals surface area contributed by atoms with E-state index in [1.165, 1.54) is 12.3 Å². The van der Waals surface area contributed by atoms with Crippen molar-refractivity contribution in [1.29, 1.82) is 0 Å². The van der Waals surface area contributed by atoms with E-state index in [-0.39, 0.29) is 18.0 Å². The van der Waals surface area contributed by atoms with Gasteiger partial charge in [0.2, 0.25) is 0 Å². The second-order valence-corrected chi connectivity index (χ2v) is 6.59. The Kier molecular flexibility index (Phi) is 5.67. The van der Waals surface area contributed by atoms with Crippen molar-refractivity contribution in [2.45, 2.75) is 13.0 Å². The number of carbonyl (C=O) groups is 1. The summed E-state index contributed by atoms with van der Waals surface area (Å²) in [5, 5.41) is 2.58. The van der Waals surface area contributed by atoms with Crippen LogP contribution in [0.5, 0.6) is 0 Å². The molecule has 0 aliphatic carbocycles. The molecular weight excluding hydrogens is 278 g/mol. The van der Waals surface area contributed by atoms with Crippen LogP contribution in [-0.2, 0) is 9.84 Å². The fourth-order valence-electron chi connectivity index (χ4n) is 1.55. The zero-order chi connectivity index (χ0) is 15.2. The van der Waals surface area contributed by atoms with Crippen molar-refractivity contribution in [3.63, 3.8) is 0 Å². The molecule has 7 heteroatoms. The van der Waals surface area contributed by atoms with Crippen LogP contribution in [0.4, 0.5) is 0 Å². The van der Waals surface area contributed by atoms with Crippen LogP contribution in [0.3, 0.4) is 0 Å². The first-order valence-corrected chi connectivity index (χ1v) is 8.01. The Balaban J connectivity index is 2.68. The summed E-state index contributed by atoms with van der Waals surface area (Å²) < 4.78 is 22.2. The van der Waals surface area contributed by atoms with Gasteiger partial charge in [0.1, 0.15) is 15.5 Å². The first kappa shape index (κ1) is 16.1. The Labute approximate surface area is 118 Å². The van der Waals surface area contributed by atoms with Gasteiger partial charge in [-0.25, -0.2) is 13.4 Å². The molecule has 0 spiro atoms. The minimum atomic E-state index is -3.13. The molecular formula is C13H17N3O3S.